The number of thioether (sulfide) groups is 1. The van der Waals surface area contributed by atoms with Crippen molar-refractivity contribution in [2.24, 2.45) is 10.1 Å². The second kappa shape index (κ2) is 7.53. The zero-order valence-electron chi connectivity index (χ0n) is 15.8. The Bertz CT molecular complexity index is 1290. The number of furan rings is 1. The van der Waals surface area contributed by atoms with Crippen LogP contribution in [0.4, 0.5) is 0 Å². The minimum absolute atomic E-state index is 0.0450. The van der Waals surface area contributed by atoms with Crippen molar-refractivity contribution in [2.45, 2.75) is 13.8 Å². The van der Waals surface area contributed by atoms with Crippen LogP contribution >= 0.6 is 23.4 Å². The van der Waals surface area contributed by atoms with Gasteiger partial charge in [0.15, 0.2) is 5.84 Å². The topological polar surface area (TPSA) is 116 Å². The first-order valence-corrected chi connectivity index (χ1v) is 11.6. The number of amides is 1. The maximum atomic E-state index is 12.4. The lowest BCUT2D eigenvalue weighted by molar-refractivity contribution is -0.114. The number of aliphatic imine (C=N–C) groups is 1. The van der Waals surface area contributed by atoms with Crippen molar-refractivity contribution in [3.05, 3.63) is 52.3 Å². The molecule has 2 aromatic rings. The number of fused-ring (bicyclic) bond motifs is 1. The number of rotatable bonds is 3. The molecule has 1 amide bonds. The SMILES string of the molecule is CCS(=O)(=O)C1=NN2C(=N)/C(=C/c3ccc(-c4ccc(C)c(Cl)c4)o3)C(=O)N=C2S1. The molecule has 1 aromatic carbocycles. The second-order valence-corrected chi connectivity index (χ2v) is 10.3. The average molecular weight is 463 g/mol. The van der Waals surface area contributed by atoms with Crippen LogP contribution < -0.4 is 0 Å². The summed E-state index contributed by atoms with van der Waals surface area (Å²) in [5.41, 5.74) is 1.66. The van der Waals surface area contributed by atoms with Crippen molar-refractivity contribution >= 4 is 60.6 Å². The summed E-state index contributed by atoms with van der Waals surface area (Å²) in [5.74, 6) is -0.183. The van der Waals surface area contributed by atoms with E-state index in [1.54, 1.807) is 18.2 Å². The van der Waals surface area contributed by atoms with Crippen molar-refractivity contribution < 1.29 is 17.6 Å². The van der Waals surface area contributed by atoms with Crippen LogP contribution in [0.1, 0.15) is 18.2 Å². The number of carbonyl (C=O) groups excluding carboxylic acids is 1. The monoisotopic (exact) mass is 462 g/mol. The van der Waals surface area contributed by atoms with Crippen LogP contribution in [0.3, 0.4) is 0 Å². The highest BCUT2D eigenvalue weighted by atomic mass is 35.5. The van der Waals surface area contributed by atoms with Crippen molar-refractivity contribution in [2.75, 3.05) is 5.75 Å². The molecule has 0 saturated carbocycles. The predicted molar refractivity (Wildman–Crippen MR) is 118 cm³/mol. The minimum Gasteiger partial charge on any atom is -0.457 e. The lowest BCUT2D eigenvalue weighted by atomic mass is 10.1. The molecule has 0 atom stereocenters. The molecule has 0 fully saturated rings. The van der Waals surface area contributed by atoms with Gasteiger partial charge in [-0.25, -0.2) is 8.42 Å². The first-order valence-electron chi connectivity index (χ1n) is 8.79. The van der Waals surface area contributed by atoms with Gasteiger partial charge in [0.1, 0.15) is 11.5 Å². The van der Waals surface area contributed by atoms with Crippen LogP contribution in [0.25, 0.3) is 17.4 Å². The molecule has 8 nitrogen and oxygen atoms in total. The maximum absolute atomic E-state index is 12.4. The van der Waals surface area contributed by atoms with Crippen LogP contribution in [0.15, 0.2) is 50.4 Å². The molecule has 0 bridgehead atoms. The van der Waals surface area contributed by atoms with Gasteiger partial charge >= 0.3 is 0 Å². The van der Waals surface area contributed by atoms with E-state index in [4.69, 9.17) is 21.4 Å². The van der Waals surface area contributed by atoms with Crippen LogP contribution in [0.5, 0.6) is 0 Å². The summed E-state index contributed by atoms with van der Waals surface area (Å²) in [6.07, 6.45) is 1.39. The summed E-state index contributed by atoms with van der Waals surface area (Å²) in [6, 6.07) is 8.91. The predicted octanol–water partition coefficient (Wildman–Crippen LogP) is 3.92. The summed E-state index contributed by atoms with van der Waals surface area (Å²) < 4.78 is 29.7. The number of hydrazone groups is 1. The van der Waals surface area contributed by atoms with Gasteiger partial charge in [0, 0.05) is 10.6 Å². The summed E-state index contributed by atoms with van der Waals surface area (Å²) in [4.78, 5) is 16.3. The van der Waals surface area contributed by atoms with Gasteiger partial charge in [-0.15, -0.1) is 5.10 Å². The fourth-order valence-electron chi connectivity index (χ4n) is 2.70. The molecular weight excluding hydrogens is 448 g/mol. The average Bonchev–Trinajstić information content (AvgIpc) is 3.35. The van der Waals surface area contributed by atoms with E-state index in [0.717, 1.165) is 27.9 Å². The molecule has 1 N–H and O–H groups in total. The van der Waals surface area contributed by atoms with Gasteiger partial charge in [0.25, 0.3) is 5.91 Å². The van der Waals surface area contributed by atoms with Crippen molar-refractivity contribution in [1.29, 1.82) is 5.41 Å². The van der Waals surface area contributed by atoms with Crippen LogP contribution in [0.2, 0.25) is 5.02 Å². The summed E-state index contributed by atoms with van der Waals surface area (Å²) in [5, 5.41) is 14.0. The van der Waals surface area contributed by atoms with Gasteiger partial charge in [-0.05, 0) is 48.5 Å². The number of carbonyl (C=O) groups is 1. The lowest BCUT2D eigenvalue weighted by Crippen LogP contribution is -2.35. The number of amidine groups is 2. The third-order valence-corrected chi connectivity index (χ3v) is 7.95. The number of sulfone groups is 1. The molecule has 0 unspecified atom stereocenters. The Kier molecular flexibility index (Phi) is 5.16. The molecule has 4 rings (SSSR count). The number of benzene rings is 1. The van der Waals surface area contributed by atoms with Crippen LogP contribution in [-0.2, 0) is 14.6 Å². The highest BCUT2D eigenvalue weighted by molar-refractivity contribution is 8.42. The van der Waals surface area contributed by atoms with E-state index in [0.29, 0.717) is 16.5 Å². The number of halogens is 1. The van der Waals surface area contributed by atoms with Crippen LogP contribution in [-0.4, -0.2) is 40.5 Å². The molecular formula is C19H15ClN4O4S2. The fraction of sp³-hybridized carbons (Fsp3) is 0.158. The van der Waals surface area contributed by atoms with Gasteiger partial charge in [0.05, 0.1) is 11.3 Å². The fourth-order valence-corrected chi connectivity index (χ4v) is 5.04. The Morgan fingerprint density at radius 3 is 2.77 bits per heavy atom. The Hall–Kier alpha value is -2.69. The number of aryl methyl sites for hydroxylation is 1. The van der Waals surface area contributed by atoms with E-state index in [1.165, 1.54) is 13.0 Å². The minimum atomic E-state index is -3.57. The molecule has 0 spiro atoms. The van der Waals surface area contributed by atoms with Crippen molar-refractivity contribution in [3.63, 3.8) is 0 Å². The van der Waals surface area contributed by atoms with Crippen molar-refractivity contribution in [1.82, 2.24) is 5.01 Å². The van der Waals surface area contributed by atoms with Gasteiger partial charge in [-0.3, -0.25) is 10.2 Å². The van der Waals surface area contributed by atoms with E-state index in [-0.39, 0.29) is 26.7 Å². The molecule has 11 heteroatoms. The number of hydrogen-bond acceptors (Lipinski definition) is 7. The van der Waals surface area contributed by atoms with Crippen LogP contribution in [0, 0.1) is 12.3 Å². The third kappa shape index (κ3) is 3.62. The molecule has 2 aliphatic heterocycles. The summed E-state index contributed by atoms with van der Waals surface area (Å²) >= 11 is 6.93. The van der Waals surface area contributed by atoms with Gasteiger partial charge in [-0.1, -0.05) is 30.7 Å². The second-order valence-electron chi connectivity index (χ2n) is 6.46. The van der Waals surface area contributed by atoms with Gasteiger partial charge < -0.3 is 4.42 Å². The Morgan fingerprint density at radius 1 is 1.30 bits per heavy atom. The Labute approximate surface area is 181 Å². The highest BCUT2D eigenvalue weighted by Gasteiger charge is 2.39. The van der Waals surface area contributed by atoms with E-state index in [2.05, 4.69) is 10.1 Å². The molecule has 0 radical (unpaired) electrons. The van der Waals surface area contributed by atoms with E-state index >= 15 is 0 Å². The van der Waals surface area contributed by atoms with Gasteiger partial charge in [0.2, 0.25) is 19.4 Å². The molecule has 1 aromatic heterocycles. The molecule has 3 heterocycles. The Morgan fingerprint density at radius 2 is 2.07 bits per heavy atom. The first-order chi connectivity index (χ1) is 14.2. The molecule has 2 aliphatic rings. The normalized spacial score (nSPS) is 18.0. The van der Waals surface area contributed by atoms with E-state index < -0.39 is 15.7 Å². The molecule has 154 valence electrons. The van der Waals surface area contributed by atoms with Gasteiger partial charge in [-0.2, -0.15) is 10.0 Å². The smallest absolute Gasteiger partial charge is 0.283 e. The largest absolute Gasteiger partial charge is 0.457 e. The van der Waals surface area contributed by atoms with Crippen molar-refractivity contribution in [3.8, 4) is 11.3 Å². The zero-order chi connectivity index (χ0) is 21.6. The maximum Gasteiger partial charge on any atom is 0.283 e. The summed E-state index contributed by atoms with van der Waals surface area (Å²) in [6.45, 7) is 3.39. The molecule has 0 aliphatic carbocycles. The quantitative estimate of drug-likeness (QED) is 0.691. The molecule has 30 heavy (non-hydrogen) atoms. The molecule has 0 saturated heterocycles. The zero-order valence-corrected chi connectivity index (χ0v) is 18.2. The third-order valence-electron chi connectivity index (χ3n) is 4.45. The Balaban J connectivity index is 1.66. The number of hydrogen-bond donors (Lipinski definition) is 1. The van der Waals surface area contributed by atoms with E-state index in [1.807, 2.05) is 19.1 Å². The lowest BCUT2D eigenvalue weighted by Gasteiger charge is -2.19. The number of nitrogens with zero attached hydrogens (tertiary/aromatic N) is 3. The highest BCUT2D eigenvalue weighted by Crippen LogP contribution is 2.32. The number of nitrogens with one attached hydrogen (secondary N) is 1. The van der Waals surface area contributed by atoms with E-state index in [9.17, 15) is 13.2 Å². The summed E-state index contributed by atoms with van der Waals surface area (Å²) in [7, 11) is -3.57. The standard InChI is InChI=1S/C19H15ClN4O4S2/c1-3-30(26,27)19-23-24-16(21)13(17(25)22-18(24)29-19)9-12-6-7-15(28-12)11-5-4-10(2)14(20)8-11/h4-9,21H,3H2,1-2H3/b13-9-,21-16?. The first kappa shape index (κ1) is 20.6.